The Morgan fingerprint density at radius 3 is 2.32 bits per heavy atom. The molecule has 0 saturated carbocycles. The maximum atomic E-state index is 9.10. The average molecular weight is 264 g/mol. The van der Waals surface area contributed by atoms with Gasteiger partial charge in [0.25, 0.3) is 0 Å². The molecule has 1 aliphatic heterocycles. The molecule has 1 N–H and O–H groups in total. The van der Waals surface area contributed by atoms with Gasteiger partial charge in [-0.1, -0.05) is 6.92 Å². The van der Waals surface area contributed by atoms with Crippen LogP contribution in [0.1, 0.15) is 6.92 Å². The van der Waals surface area contributed by atoms with Crippen LogP contribution in [0.2, 0.25) is 0 Å². The minimum absolute atomic E-state index is 0.276. The zero-order chi connectivity index (χ0) is 13.7. The molecule has 1 unspecified atom stereocenters. The van der Waals surface area contributed by atoms with E-state index in [2.05, 4.69) is 28.9 Å². The van der Waals surface area contributed by atoms with E-state index in [1.807, 2.05) is 12.1 Å². The molecule has 4 nitrogen and oxygen atoms in total. The van der Waals surface area contributed by atoms with Crippen molar-refractivity contribution in [3.8, 4) is 5.75 Å². The van der Waals surface area contributed by atoms with E-state index in [4.69, 9.17) is 9.84 Å². The Morgan fingerprint density at radius 1 is 1.16 bits per heavy atom. The molecular formula is C15H24N2O2. The number of rotatable bonds is 5. The van der Waals surface area contributed by atoms with E-state index >= 15 is 0 Å². The molecule has 0 spiro atoms. The van der Waals surface area contributed by atoms with Crippen LogP contribution in [-0.2, 0) is 0 Å². The highest BCUT2D eigenvalue weighted by Gasteiger charge is 2.18. The third-order valence-corrected chi connectivity index (χ3v) is 3.69. The molecule has 4 heteroatoms. The molecular weight excluding hydrogens is 240 g/mol. The third-order valence-electron chi connectivity index (χ3n) is 3.69. The first-order valence-corrected chi connectivity index (χ1v) is 6.95. The van der Waals surface area contributed by atoms with Gasteiger partial charge in [0.15, 0.2) is 0 Å². The Labute approximate surface area is 115 Å². The normalized spacial score (nSPS) is 18.4. The topological polar surface area (TPSA) is 35.9 Å². The summed E-state index contributed by atoms with van der Waals surface area (Å²) >= 11 is 0. The van der Waals surface area contributed by atoms with Crippen molar-refractivity contribution < 1.29 is 9.84 Å². The largest absolute Gasteiger partial charge is 0.497 e. The summed E-state index contributed by atoms with van der Waals surface area (Å²) < 4.78 is 5.18. The minimum Gasteiger partial charge on any atom is -0.497 e. The number of benzene rings is 1. The predicted octanol–water partition coefficient (Wildman–Crippen LogP) is 1.45. The van der Waals surface area contributed by atoms with Crippen molar-refractivity contribution >= 4 is 5.69 Å². The number of ether oxygens (including phenoxy) is 1. The summed E-state index contributed by atoms with van der Waals surface area (Å²) in [6.45, 7) is 7.59. The molecule has 1 heterocycles. The Balaban J connectivity index is 1.85. The van der Waals surface area contributed by atoms with Gasteiger partial charge in [0.2, 0.25) is 0 Å². The fraction of sp³-hybridized carbons (Fsp3) is 0.600. The number of nitrogens with zero attached hydrogens (tertiary/aromatic N) is 2. The van der Waals surface area contributed by atoms with Crippen molar-refractivity contribution in [1.82, 2.24) is 4.90 Å². The SMILES string of the molecule is COc1ccc(N2CCN(CC(C)CO)CC2)cc1. The molecule has 106 valence electrons. The zero-order valence-corrected chi connectivity index (χ0v) is 11.9. The summed E-state index contributed by atoms with van der Waals surface area (Å²) in [5.41, 5.74) is 1.26. The second kappa shape index (κ2) is 6.78. The van der Waals surface area contributed by atoms with E-state index < -0.39 is 0 Å². The molecule has 1 aliphatic rings. The molecule has 1 aromatic carbocycles. The van der Waals surface area contributed by atoms with Gasteiger partial charge in [0.1, 0.15) is 5.75 Å². The molecule has 19 heavy (non-hydrogen) atoms. The number of hydrogen-bond donors (Lipinski definition) is 1. The molecule has 0 aliphatic carbocycles. The summed E-state index contributed by atoms with van der Waals surface area (Å²) in [5.74, 6) is 1.27. The Hall–Kier alpha value is -1.26. The first-order chi connectivity index (χ1) is 9.22. The quantitative estimate of drug-likeness (QED) is 0.873. The summed E-state index contributed by atoms with van der Waals surface area (Å²) in [6, 6.07) is 8.25. The van der Waals surface area contributed by atoms with Crippen molar-refractivity contribution in [1.29, 1.82) is 0 Å². The fourth-order valence-corrected chi connectivity index (χ4v) is 2.48. The first-order valence-electron chi connectivity index (χ1n) is 6.95. The third kappa shape index (κ3) is 3.85. The number of methoxy groups -OCH3 is 1. The molecule has 0 amide bonds. The van der Waals surface area contributed by atoms with Crippen molar-refractivity contribution in [2.45, 2.75) is 6.92 Å². The summed E-state index contributed by atoms with van der Waals surface area (Å²) in [6.07, 6.45) is 0. The highest BCUT2D eigenvalue weighted by molar-refractivity contribution is 5.49. The van der Waals surface area contributed by atoms with Crippen LogP contribution in [0.25, 0.3) is 0 Å². The van der Waals surface area contributed by atoms with E-state index in [9.17, 15) is 0 Å². The second-order valence-corrected chi connectivity index (χ2v) is 5.27. The molecule has 1 atom stereocenters. The Morgan fingerprint density at radius 2 is 1.79 bits per heavy atom. The number of piperazine rings is 1. The Kier molecular flexibility index (Phi) is 5.05. The monoisotopic (exact) mass is 264 g/mol. The maximum Gasteiger partial charge on any atom is 0.119 e. The van der Waals surface area contributed by atoms with Crippen molar-refractivity contribution in [2.75, 3.05) is 51.3 Å². The molecule has 2 rings (SSSR count). The maximum absolute atomic E-state index is 9.10. The van der Waals surface area contributed by atoms with Crippen LogP contribution in [-0.4, -0.2) is 56.4 Å². The lowest BCUT2D eigenvalue weighted by Crippen LogP contribution is -2.47. The van der Waals surface area contributed by atoms with Crippen LogP contribution in [0.15, 0.2) is 24.3 Å². The standard InChI is InChI=1S/C15H24N2O2/c1-13(12-18)11-16-7-9-17(10-8-16)14-3-5-15(19-2)6-4-14/h3-6,13,18H,7-12H2,1-2H3. The zero-order valence-electron chi connectivity index (χ0n) is 11.9. The number of aliphatic hydroxyl groups excluding tert-OH is 1. The lowest BCUT2D eigenvalue weighted by molar-refractivity contribution is 0.167. The van der Waals surface area contributed by atoms with Gasteiger partial charge < -0.3 is 14.7 Å². The van der Waals surface area contributed by atoms with Gasteiger partial charge in [-0.15, -0.1) is 0 Å². The second-order valence-electron chi connectivity index (χ2n) is 5.27. The lowest BCUT2D eigenvalue weighted by Gasteiger charge is -2.37. The van der Waals surface area contributed by atoms with E-state index in [0.717, 1.165) is 38.5 Å². The van der Waals surface area contributed by atoms with Gasteiger partial charge in [-0.3, -0.25) is 4.90 Å². The number of anilines is 1. The first kappa shape index (κ1) is 14.2. The van der Waals surface area contributed by atoms with Crippen LogP contribution >= 0.6 is 0 Å². The average Bonchev–Trinajstić information content (AvgIpc) is 2.48. The number of aliphatic hydroxyl groups is 1. The van der Waals surface area contributed by atoms with E-state index in [1.165, 1.54) is 5.69 Å². The highest BCUT2D eigenvalue weighted by atomic mass is 16.5. The van der Waals surface area contributed by atoms with Gasteiger partial charge in [-0.25, -0.2) is 0 Å². The Bertz CT molecular complexity index is 372. The van der Waals surface area contributed by atoms with Crippen LogP contribution in [0, 0.1) is 5.92 Å². The molecule has 0 bridgehead atoms. The summed E-state index contributed by atoms with van der Waals surface area (Å²) in [5, 5.41) is 9.10. The lowest BCUT2D eigenvalue weighted by atomic mass is 10.1. The van der Waals surface area contributed by atoms with Crippen LogP contribution in [0.5, 0.6) is 5.75 Å². The van der Waals surface area contributed by atoms with Gasteiger partial charge in [-0.05, 0) is 30.2 Å². The van der Waals surface area contributed by atoms with Crippen LogP contribution < -0.4 is 9.64 Å². The van der Waals surface area contributed by atoms with Crippen molar-refractivity contribution in [2.24, 2.45) is 5.92 Å². The molecule has 1 fully saturated rings. The van der Waals surface area contributed by atoms with Crippen molar-refractivity contribution in [3.63, 3.8) is 0 Å². The van der Waals surface area contributed by atoms with E-state index in [-0.39, 0.29) is 6.61 Å². The highest BCUT2D eigenvalue weighted by Crippen LogP contribution is 2.20. The fourth-order valence-electron chi connectivity index (χ4n) is 2.48. The van der Waals surface area contributed by atoms with Gasteiger partial charge in [0.05, 0.1) is 7.11 Å². The van der Waals surface area contributed by atoms with Gasteiger partial charge in [0, 0.05) is 45.0 Å². The van der Waals surface area contributed by atoms with Crippen LogP contribution in [0.4, 0.5) is 5.69 Å². The van der Waals surface area contributed by atoms with Gasteiger partial charge in [-0.2, -0.15) is 0 Å². The molecule has 0 aromatic heterocycles. The molecule has 0 radical (unpaired) electrons. The summed E-state index contributed by atoms with van der Waals surface area (Å²) in [4.78, 5) is 4.83. The van der Waals surface area contributed by atoms with Gasteiger partial charge >= 0.3 is 0 Å². The summed E-state index contributed by atoms with van der Waals surface area (Å²) in [7, 11) is 1.69. The van der Waals surface area contributed by atoms with Crippen LogP contribution in [0.3, 0.4) is 0 Å². The van der Waals surface area contributed by atoms with E-state index in [1.54, 1.807) is 7.11 Å². The molecule has 1 aromatic rings. The van der Waals surface area contributed by atoms with Crippen molar-refractivity contribution in [3.05, 3.63) is 24.3 Å². The number of hydrogen-bond acceptors (Lipinski definition) is 4. The minimum atomic E-state index is 0.276. The smallest absolute Gasteiger partial charge is 0.119 e. The van der Waals surface area contributed by atoms with E-state index in [0.29, 0.717) is 5.92 Å². The predicted molar refractivity (Wildman–Crippen MR) is 77.9 cm³/mol. The molecule has 1 saturated heterocycles.